The second-order valence-electron chi connectivity index (χ2n) is 4.20. The lowest BCUT2D eigenvalue weighted by Crippen LogP contribution is -2.42. The van der Waals surface area contributed by atoms with Crippen LogP contribution in [0.1, 0.15) is 6.42 Å². The number of hydrogen-bond donors (Lipinski definition) is 0. The summed E-state index contributed by atoms with van der Waals surface area (Å²) in [5, 5.41) is 0. The summed E-state index contributed by atoms with van der Waals surface area (Å²) >= 11 is 2.01. The Morgan fingerprint density at radius 3 is 2.50 bits per heavy atom. The molecule has 0 bridgehead atoms. The van der Waals surface area contributed by atoms with Crippen LogP contribution in [0.2, 0.25) is 0 Å². The molecule has 2 fully saturated rings. The largest absolute Gasteiger partial charge is 0.378 e. The molecule has 4 nitrogen and oxygen atoms in total. The summed E-state index contributed by atoms with van der Waals surface area (Å²) in [6, 6.07) is 0. The van der Waals surface area contributed by atoms with Crippen molar-refractivity contribution in [2.24, 2.45) is 0 Å². The molecule has 0 aromatic rings. The monoisotopic (exact) mass is 244 g/mol. The van der Waals surface area contributed by atoms with Crippen molar-refractivity contribution in [2.75, 3.05) is 57.4 Å². The number of morpholine rings is 1. The van der Waals surface area contributed by atoms with Gasteiger partial charge in [-0.3, -0.25) is 4.79 Å². The predicted octanol–water partition coefficient (Wildman–Crippen LogP) is 0.284. The van der Waals surface area contributed by atoms with Crippen LogP contribution in [0.15, 0.2) is 0 Å². The maximum absolute atomic E-state index is 11.9. The number of carbonyl (C=O) groups excluding carboxylic acids is 1. The first kappa shape index (κ1) is 12.2. The molecule has 2 rings (SSSR count). The number of ether oxygens (including phenoxy) is 1. The van der Waals surface area contributed by atoms with E-state index in [0.717, 1.165) is 32.7 Å². The van der Waals surface area contributed by atoms with E-state index in [-0.39, 0.29) is 0 Å². The molecule has 0 aliphatic carbocycles. The molecule has 2 heterocycles. The van der Waals surface area contributed by atoms with Gasteiger partial charge in [-0.15, -0.1) is 0 Å². The van der Waals surface area contributed by atoms with Crippen LogP contribution in [0.25, 0.3) is 0 Å². The van der Waals surface area contributed by atoms with E-state index >= 15 is 0 Å². The average molecular weight is 244 g/mol. The van der Waals surface area contributed by atoms with Crippen LogP contribution in [0, 0.1) is 0 Å². The number of nitrogens with zero attached hydrogens (tertiary/aromatic N) is 2. The Kier molecular flexibility index (Phi) is 4.93. The fourth-order valence-corrected chi connectivity index (χ4v) is 3.03. The van der Waals surface area contributed by atoms with Gasteiger partial charge in [0.2, 0.25) is 5.91 Å². The van der Waals surface area contributed by atoms with Gasteiger partial charge in [0.1, 0.15) is 0 Å². The Morgan fingerprint density at radius 1 is 1.12 bits per heavy atom. The molecule has 2 aliphatic rings. The minimum atomic E-state index is 0.293. The third-order valence-corrected chi connectivity index (χ3v) is 4.05. The third-order valence-electron chi connectivity index (χ3n) is 3.11. The summed E-state index contributed by atoms with van der Waals surface area (Å²) < 4.78 is 5.24. The summed E-state index contributed by atoms with van der Waals surface area (Å²) in [4.78, 5) is 16.2. The second kappa shape index (κ2) is 6.47. The predicted molar refractivity (Wildman–Crippen MR) is 65.8 cm³/mol. The molecule has 0 radical (unpaired) electrons. The van der Waals surface area contributed by atoms with Gasteiger partial charge in [-0.2, -0.15) is 11.8 Å². The fraction of sp³-hybridized carbons (Fsp3) is 0.909. The molecule has 5 heteroatoms. The molecule has 0 N–H and O–H groups in total. The van der Waals surface area contributed by atoms with Crippen LogP contribution in [-0.2, 0) is 9.53 Å². The van der Waals surface area contributed by atoms with Crippen LogP contribution in [0.4, 0.5) is 0 Å². The van der Waals surface area contributed by atoms with Crippen molar-refractivity contribution >= 4 is 17.7 Å². The van der Waals surface area contributed by atoms with Crippen LogP contribution in [-0.4, -0.2) is 73.2 Å². The molecule has 2 saturated heterocycles. The van der Waals surface area contributed by atoms with Crippen molar-refractivity contribution in [3.63, 3.8) is 0 Å². The van der Waals surface area contributed by atoms with Gasteiger partial charge >= 0.3 is 0 Å². The lowest BCUT2D eigenvalue weighted by molar-refractivity contribution is -0.135. The number of rotatable bonds is 3. The molecule has 16 heavy (non-hydrogen) atoms. The molecule has 1 amide bonds. The van der Waals surface area contributed by atoms with Crippen LogP contribution in [0.5, 0.6) is 0 Å². The minimum Gasteiger partial charge on any atom is -0.378 e. The topological polar surface area (TPSA) is 32.8 Å². The van der Waals surface area contributed by atoms with E-state index < -0.39 is 0 Å². The van der Waals surface area contributed by atoms with Crippen LogP contribution >= 0.6 is 11.8 Å². The highest BCUT2D eigenvalue weighted by Gasteiger charge is 2.18. The van der Waals surface area contributed by atoms with Crippen LogP contribution < -0.4 is 0 Å². The Bertz CT molecular complexity index is 226. The standard InChI is InChI=1S/C11H20N2O2S/c14-11(13-3-7-15-8-4-13)1-2-12-5-9-16-10-6-12/h1-10H2. The van der Waals surface area contributed by atoms with Gasteiger partial charge in [0.05, 0.1) is 13.2 Å². The zero-order valence-electron chi connectivity index (χ0n) is 9.69. The average Bonchev–Trinajstić information content (AvgIpc) is 2.38. The number of hydrogen-bond acceptors (Lipinski definition) is 4. The maximum Gasteiger partial charge on any atom is 0.224 e. The molecule has 92 valence electrons. The van der Waals surface area contributed by atoms with Gasteiger partial charge in [-0.05, 0) is 0 Å². The van der Waals surface area contributed by atoms with Crippen molar-refractivity contribution in [2.45, 2.75) is 6.42 Å². The van der Waals surface area contributed by atoms with Gasteiger partial charge in [0.15, 0.2) is 0 Å². The van der Waals surface area contributed by atoms with Gasteiger partial charge in [0, 0.05) is 50.7 Å². The summed E-state index contributed by atoms with van der Waals surface area (Å²) in [5.41, 5.74) is 0. The van der Waals surface area contributed by atoms with Crippen molar-refractivity contribution in [3.05, 3.63) is 0 Å². The highest BCUT2D eigenvalue weighted by molar-refractivity contribution is 7.99. The van der Waals surface area contributed by atoms with Crippen molar-refractivity contribution in [1.29, 1.82) is 0 Å². The normalized spacial score (nSPS) is 23.4. The zero-order valence-corrected chi connectivity index (χ0v) is 10.5. The van der Waals surface area contributed by atoms with Gasteiger partial charge in [-0.1, -0.05) is 0 Å². The smallest absolute Gasteiger partial charge is 0.224 e. The highest BCUT2D eigenvalue weighted by atomic mass is 32.2. The molecule has 0 atom stereocenters. The number of amides is 1. The molecular weight excluding hydrogens is 224 g/mol. The van der Waals surface area contributed by atoms with E-state index in [9.17, 15) is 4.79 Å². The lowest BCUT2D eigenvalue weighted by Gasteiger charge is -2.29. The van der Waals surface area contributed by atoms with E-state index in [2.05, 4.69) is 4.90 Å². The maximum atomic E-state index is 11.9. The molecular formula is C11H20N2O2S. The molecule has 0 aromatic heterocycles. The van der Waals surface area contributed by atoms with Crippen molar-refractivity contribution in [1.82, 2.24) is 9.80 Å². The van der Waals surface area contributed by atoms with Crippen LogP contribution in [0.3, 0.4) is 0 Å². The van der Waals surface area contributed by atoms with Gasteiger partial charge < -0.3 is 14.5 Å². The zero-order chi connectivity index (χ0) is 11.2. The van der Waals surface area contributed by atoms with Gasteiger partial charge in [-0.25, -0.2) is 0 Å². The molecule has 0 aromatic carbocycles. The minimum absolute atomic E-state index is 0.293. The van der Waals surface area contributed by atoms with E-state index in [1.54, 1.807) is 0 Å². The second-order valence-corrected chi connectivity index (χ2v) is 5.42. The van der Waals surface area contributed by atoms with Gasteiger partial charge in [0.25, 0.3) is 0 Å². The molecule has 0 saturated carbocycles. The number of thioether (sulfide) groups is 1. The summed E-state index contributed by atoms with van der Waals surface area (Å²) in [6.07, 6.45) is 0.671. The van der Waals surface area contributed by atoms with E-state index in [1.165, 1.54) is 11.5 Å². The quantitative estimate of drug-likeness (QED) is 0.714. The Morgan fingerprint density at radius 2 is 1.81 bits per heavy atom. The molecule has 0 unspecified atom stereocenters. The highest BCUT2D eigenvalue weighted by Crippen LogP contribution is 2.10. The molecule has 2 aliphatic heterocycles. The lowest BCUT2D eigenvalue weighted by atomic mass is 10.3. The third kappa shape index (κ3) is 3.64. The van der Waals surface area contributed by atoms with E-state index in [0.29, 0.717) is 25.5 Å². The summed E-state index contributed by atoms with van der Waals surface area (Å²) in [7, 11) is 0. The number of carbonyl (C=O) groups is 1. The van der Waals surface area contributed by atoms with E-state index in [4.69, 9.17) is 4.74 Å². The van der Waals surface area contributed by atoms with Crippen molar-refractivity contribution in [3.8, 4) is 0 Å². The Labute approximate surface area is 101 Å². The molecule has 0 spiro atoms. The first-order valence-corrected chi connectivity index (χ1v) is 7.17. The Balaban J connectivity index is 1.65. The summed E-state index contributed by atoms with van der Waals surface area (Å²) in [5.74, 6) is 2.72. The fourth-order valence-electron chi connectivity index (χ4n) is 2.05. The first-order valence-electron chi connectivity index (χ1n) is 6.02. The van der Waals surface area contributed by atoms with Crippen molar-refractivity contribution < 1.29 is 9.53 Å². The SMILES string of the molecule is O=C(CCN1CCSCC1)N1CCOCC1. The first-order chi connectivity index (χ1) is 7.86. The Hall–Kier alpha value is -0.260. The summed E-state index contributed by atoms with van der Waals surface area (Å²) in [6.45, 7) is 6.15. The van der Waals surface area contributed by atoms with E-state index in [1.807, 2.05) is 16.7 Å².